The number of benzene rings is 1. The van der Waals surface area contributed by atoms with Gasteiger partial charge in [0, 0.05) is 25.3 Å². The van der Waals surface area contributed by atoms with Gasteiger partial charge >= 0.3 is 0 Å². The third-order valence-corrected chi connectivity index (χ3v) is 6.17. The lowest BCUT2D eigenvalue weighted by Gasteiger charge is -2.33. The predicted molar refractivity (Wildman–Crippen MR) is 112 cm³/mol. The summed E-state index contributed by atoms with van der Waals surface area (Å²) in [5.41, 5.74) is 5.63. The monoisotopic (exact) mass is 416 g/mol. The summed E-state index contributed by atoms with van der Waals surface area (Å²) in [5, 5.41) is 7.53. The molecule has 162 valence electrons. The van der Waals surface area contributed by atoms with Gasteiger partial charge in [0.2, 0.25) is 0 Å². The minimum atomic E-state index is -2.49. The highest BCUT2D eigenvalue weighted by molar-refractivity contribution is 5.93. The van der Waals surface area contributed by atoms with Crippen molar-refractivity contribution in [2.45, 2.75) is 71.0 Å². The van der Waals surface area contributed by atoms with E-state index in [1.165, 1.54) is 34.6 Å². The summed E-state index contributed by atoms with van der Waals surface area (Å²) in [6, 6.07) is 4.94. The van der Waals surface area contributed by atoms with Crippen molar-refractivity contribution in [2.75, 3.05) is 13.1 Å². The molecule has 0 bridgehead atoms. The molecule has 1 fully saturated rings. The molecule has 30 heavy (non-hydrogen) atoms. The summed E-state index contributed by atoms with van der Waals surface area (Å²) >= 11 is 0. The van der Waals surface area contributed by atoms with Crippen molar-refractivity contribution in [1.82, 2.24) is 20.0 Å². The Morgan fingerprint density at radius 3 is 2.80 bits per heavy atom. The highest BCUT2D eigenvalue weighted by atomic mass is 19.3. The molecular weight excluding hydrogens is 386 g/mol. The smallest absolute Gasteiger partial charge is 0.257 e. The Morgan fingerprint density at radius 1 is 1.33 bits per heavy atom. The van der Waals surface area contributed by atoms with Crippen LogP contribution < -0.4 is 5.32 Å². The molecule has 4 rings (SSSR count). The van der Waals surface area contributed by atoms with E-state index in [0.29, 0.717) is 24.7 Å². The normalized spacial score (nSPS) is 19.4. The Hall–Kier alpha value is -2.28. The van der Waals surface area contributed by atoms with Gasteiger partial charge in [0.15, 0.2) is 0 Å². The molecule has 3 heterocycles. The lowest BCUT2D eigenvalue weighted by Crippen LogP contribution is -2.37. The zero-order valence-electron chi connectivity index (χ0n) is 17.9. The van der Waals surface area contributed by atoms with Crippen LogP contribution in [0.3, 0.4) is 0 Å². The maximum Gasteiger partial charge on any atom is 0.257 e. The summed E-state index contributed by atoms with van der Waals surface area (Å²) in [5.74, 6) is -0.147. The molecule has 1 N–H and O–H groups in total. The van der Waals surface area contributed by atoms with Gasteiger partial charge < -0.3 is 10.2 Å². The van der Waals surface area contributed by atoms with Crippen LogP contribution in [0.5, 0.6) is 0 Å². The van der Waals surface area contributed by atoms with E-state index in [4.69, 9.17) is 0 Å². The van der Waals surface area contributed by atoms with Crippen LogP contribution in [-0.2, 0) is 24.9 Å². The van der Waals surface area contributed by atoms with Crippen LogP contribution in [0.1, 0.15) is 72.3 Å². The van der Waals surface area contributed by atoms with Crippen molar-refractivity contribution < 1.29 is 13.6 Å². The summed E-state index contributed by atoms with van der Waals surface area (Å²) in [6.45, 7) is 8.39. The topological polar surface area (TPSA) is 50.2 Å². The molecule has 7 heteroatoms. The van der Waals surface area contributed by atoms with Gasteiger partial charge in [-0.1, -0.05) is 32.9 Å². The van der Waals surface area contributed by atoms with Gasteiger partial charge in [-0.05, 0) is 53.5 Å². The first-order valence-electron chi connectivity index (χ1n) is 10.7. The van der Waals surface area contributed by atoms with E-state index in [9.17, 15) is 13.6 Å². The maximum atomic E-state index is 13.0. The van der Waals surface area contributed by atoms with Crippen LogP contribution in [0.4, 0.5) is 8.78 Å². The minimum Gasteiger partial charge on any atom is -0.334 e. The predicted octanol–water partition coefficient (Wildman–Crippen LogP) is 4.07. The number of nitrogens with one attached hydrogen (secondary N) is 1. The number of hydrogen-bond acceptors (Lipinski definition) is 3. The number of carbonyl (C=O) groups excluding carboxylic acids is 1. The fraction of sp³-hybridized carbons (Fsp3) is 0.565. The van der Waals surface area contributed by atoms with Gasteiger partial charge in [0.25, 0.3) is 12.3 Å². The van der Waals surface area contributed by atoms with Crippen LogP contribution in [0.15, 0.2) is 24.5 Å². The van der Waals surface area contributed by atoms with Gasteiger partial charge in [-0.25, -0.2) is 8.78 Å². The van der Waals surface area contributed by atoms with Gasteiger partial charge in [0.1, 0.15) is 6.54 Å². The molecule has 2 aromatic rings. The van der Waals surface area contributed by atoms with Gasteiger partial charge in [-0.15, -0.1) is 0 Å². The number of alkyl halides is 2. The second kappa shape index (κ2) is 8.10. The first kappa shape index (κ1) is 21.0. The molecular formula is C23H30F2N4O. The highest BCUT2D eigenvalue weighted by Crippen LogP contribution is 2.36. The van der Waals surface area contributed by atoms with Crippen molar-refractivity contribution >= 4 is 5.91 Å². The lowest BCUT2D eigenvalue weighted by molar-refractivity contribution is 0.0733. The van der Waals surface area contributed by atoms with Crippen LogP contribution in [0.2, 0.25) is 0 Å². The number of amides is 1. The van der Waals surface area contributed by atoms with Crippen LogP contribution >= 0.6 is 0 Å². The molecule has 0 saturated carbocycles. The Bertz CT molecular complexity index is 926. The van der Waals surface area contributed by atoms with Crippen molar-refractivity contribution in [2.24, 2.45) is 0 Å². The molecule has 0 aliphatic carbocycles. The highest BCUT2D eigenvalue weighted by Gasteiger charge is 2.30. The molecule has 1 aromatic carbocycles. The van der Waals surface area contributed by atoms with Crippen LogP contribution in [0.25, 0.3) is 0 Å². The zero-order chi connectivity index (χ0) is 21.5. The number of fused-ring (bicyclic) bond motifs is 1. The molecule has 0 radical (unpaired) electrons. The summed E-state index contributed by atoms with van der Waals surface area (Å²) in [6.07, 6.45) is 3.39. The SMILES string of the molecule is CC(C)(C)c1cc2c(c([C@@H]3CCCN3)c1)CN(C(=O)c1cnn(CC(F)F)c1)CC2. The third-order valence-electron chi connectivity index (χ3n) is 6.17. The van der Waals surface area contributed by atoms with E-state index in [1.807, 2.05) is 4.90 Å². The molecule has 1 saturated heterocycles. The molecule has 0 spiro atoms. The number of aromatic nitrogens is 2. The molecule has 1 amide bonds. The van der Waals surface area contributed by atoms with Crippen molar-refractivity contribution in [3.63, 3.8) is 0 Å². The number of carbonyl (C=O) groups is 1. The van der Waals surface area contributed by atoms with Gasteiger partial charge in [-0.3, -0.25) is 9.48 Å². The third kappa shape index (κ3) is 4.26. The fourth-order valence-corrected chi connectivity index (χ4v) is 4.46. The zero-order valence-corrected chi connectivity index (χ0v) is 17.9. The molecule has 0 unspecified atom stereocenters. The molecule has 2 aliphatic rings. The Kier molecular flexibility index (Phi) is 5.66. The van der Waals surface area contributed by atoms with E-state index in [0.717, 1.165) is 30.5 Å². The summed E-state index contributed by atoms with van der Waals surface area (Å²) in [4.78, 5) is 14.9. The molecule has 1 atom stereocenters. The second-order valence-electron chi connectivity index (χ2n) is 9.42. The average Bonchev–Trinajstić information content (AvgIpc) is 3.37. The maximum absolute atomic E-state index is 13.0. The Labute approximate surface area is 176 Å². The number of hydrogen-bond donors (Lipinski definition) is 1. The largest absolute Gasteiger partial charge is 0.334 e. The average molecular weight is 417 g/mol. The first-order chi connectivity index (χ1) is 14.2. The number of rotatable bonds is 4. The van der Waals surface area contributed by atoms with E-state index in [1.54, 1.807) is 0 Å². The molecule has 1 aromatic heterocycles. The Morgan fingerprint density at radius 2 is 2.13 bits per heavy atom. The van der Waals surface area contributed by atoms with Crippen LogP contribution in [0, 0.1) is 0 Å². The fourth-order valence-electron chi connectivity index (χ4n) is 4.46. The van der Waals surface area contributed by atoms with Crippen LogP contribution in [-0.4, -0.2) is 40.1 Å². The van der Waals surface area contributed by atoms with Crippen molar-refractivity contribution in [3.05, 3.63) is 52.3 Å². The summed E-state index contributed by atoms with van der Waals surface area (Å²) in [7, 11) is 0. The molecule has 2 aliphatic heterocycles. The number of nitrogens with zero attached hydrogens (tertiary/aromatic N) is 3. The second-order valence-corrected chi connectivity index (χ2v) is 9.42. The standard InChI is InChI=1S/C23H30F2N4O/c1-23(2,3)17-9-15-6-8-28(13-19(15)18(10-17)20-5-4-7-26-20)22(30)16-11-27-29(12-16)14-21(24)25/h9-12,20-21,26H,4-8,13-14H2,1-3H3/t20-/m0/s1. The van der Waals surface area contributed by atoms with Gasteiger partial charge in [0.05, 0.1) is 11.8 Å². The van der Waals surface area contributed by atoms with Crippen molar-refractivity contribution in [3.8, 4) is 0 Å². The minimum absolute atomic E-state index is 0.0641. The van der Waals surface area contributed by atoms with Gasteiger partial charge in [-0.2, -0.15) is 5.10 Å². The van der Waals surface area contributed by atoms with E-state index >= 15 is 0 Å². The summed E-state index contributed by atoms with van der Waals surface area (Å²) < 4.78 is 26.3. The number of halogens is 2. The first-order valence-corrected chi connectivity index (χ1v) is 10.7. The molecule has 5 nitrogen and oxygen atoms in total. The van der Waals surface area contributed by atoms with Crippen molar-refractivity contribution in [1.29, 1.82) is 0 Å². The quantitative estimate of drug-likeness (QED) is 0.818. The van der Waals surface area contributed by atoms with E-state index < -0.39 is 13.0 Å². The Balaban J connectivity index is 1.62. The van der Waals surface area contributed by atoms with E-state index in [2.05, 4.69) is 43.3 Å². The lowest BCUT2D eigenvalue weighted by atomic mass is 9.80. The van der Waals surface area contributed by atoms with E-state index in [-0.39, 0.29) is 11.3 Å².